The highest BCUT2D eigenvalue weighted by Gasteiger charge is 2.14. The zero-order valence-corrected chi connectivity index (χ0v) is 17.6. The van der Waals surface area contributed by atoms with Crippen LogP contribution in [0.1, 0.15) is 5.56 Å². The van der Waals surface area contributed by atoms with Crippen molar-refractivity contribution in [3.05, 3.63) is 77.1 Å². The Balaban J connectivity index is 1.53. The molecule has 31 heavy (non-hydrogen) atoms. The van der Waals surface area contributed by atoms with E-state index in [0.717, 1.165) is 11.3 Å². The molecule has 1 aromatic carbocycles. The van der Waals surface area contributed by atoms with E-state index in [9.17, 15) is 0 Å². The molecule has 0 atom stereocenters. The average Bonchev–Trinajstić information content (AvgIpc) is 3.31. The molecule has 3 aromatic heterocycles. The zero-order valence-electron chi connectivity index (χ0n) is 16.1. The SMILES string of the molecule is N#Cc1ccnc(NCCNc2ncc(-n3ccnc3)c(-c3ccc(Cl)cc3Cl)n2)c1. The monoisotopic (exact) mass is 450 g/mol. The average molecular weight is 451 g/mol. The van der Waals surface area contributed by atoms with Crippen LogP contribution in [0, 0.1) is 11.3 Å². The van der Waals surface area contributed by atoms with Gasteiger partial charge < -0.3 is 15.2 Å². The number of hydrogen-bond donors (Lipinski definition) is 2. The maximum absolute atomic E-state index is 8.97. The topological polar surface area (TPSA) is 104 Å². The van der Waals surface area contributed by atoms with E-state index < -0.39 is 0 Å². The standard InChI is InChI=1S/C21H16Cl2N8/c22-15-1-2-16(17(23)10-15)20-18(31-8-7-25-13-31)12-29-21(30-20)28-6-5-27-19-9-14(11-24)3-4-26-19/h1-4,7-10,12-13H,5-6H2,(H,26,27)(H,28,29,30). The van der Waals surface area contributed by atoms with Crippen molar-refractivity contribution < 1.29 is 0 Å². The molecule has 0 aliphatic rings. The minimum Gasteiger partial charge on any atom is -0.368 e. The second-order valence-electron chi connectivity index (χ2n) is 6.42. The van der Waals surface area contributed by atoms with E-state index >= 15 is 0 Å². The van der Waals surface area contributed by atoms with Crippen molar-refractivity contribution in [2.45, 2.75) is 0 Å². The predicted molar refractivity (Wildman–Crippen MR) is 121 cm³/mol. The fourth-order valence-electron chi connectivity index (χ4n) is 2.89. The number of imidazole rings is 1. The summed E-state index contributed by atoms with van der Waals surface area (Å²) in [5.74, 6) is 1.08. The third kappa shape index (κ3) is 4.91. The molecule has 2 N–H and O–H groups in total. The van der Waals surface area contributed by atoms with Gasteiger partial charge in [-0.1, -0.05) is 23.2 Å². The number of nitrogens with zero attached hydrogens (tertiary/aromatic N) is 6. The summed E-state index contributed by atoms with van der Waals surface area (Å²) in [6.07, 6.45) is 8.47. The summed E-state index contributed by atoms with van der Waals surface area (Å²) in [6.45, 7) is 1.10. The van der Waals surface area contributed by atoms with Crippen molar-refractivity contribution in [3.63, 3.8) is 0 Å². The number of anilines is 2. The van der Waals surface area contributed by atoms with Gasteiger partial charge in [0, 0.05) is 42.3 Å². The van der Waals surface area contributed by atoms with Gasteiger partial charge in [0.2, 0.25) is 5.95 Å². The van der Waals surface area contributed by atoms with E-state index in [1.54, 1.807) is 49.2 Å². The van der Waals surface area contributed by atoms with Gasteiger partial charge in [0.15, 0.2) is 0 Å². The Kier molecular flexibility index (Phi) is 6.26. The van der Waals surface area contributed by atoms with Gasteiger partial charge in [-0.3, -0.25) is 0 Å². The molecule has 0 saturated heterocycles. The molecule has 0 aliphatic carbocycles. The van der Waals surface area contributed by atoms with Crippen LogP contribution in [0.15, 0.2) is 61.4 Å². The molecular formula is C21H16Cl2N8. The van der Waals surface area contributed by atoms with Crippen molar-refractivity contribution >= 4 is 35.0 Å². The number of rotatable bonds is 7. The van der Waals surface area contributed by atoms with Crippen LogP contribution in [0.3, 0.4) is 0 Å². The summed E-state index contributed by atoms with van der Waals surface area (Å²) in [5, 5.41) is 16.3. The molecule has 0 saturated carbocycles. The third-order valence-corrected chi connectivity index (χ3v) is 4.89. The number of benzene rings is 1. The fourth-order valence-corrected chi connectivity index (χ4v) is 3.39. The minimum atomic E-state index is 0.449. The van der Waals surface area contributed by atoms with Crippen LogP contribution in [-0.2, 0) is 0 Å². The van der Waals surface area contributed by atoms with Crippen LogP contribution in [0.25, 0.3) is 16.9 Å². The van der Waals surface area contributed by atoms with Crippen LogP contribution in [0.5, 0.6) is 0 Å². The summed E-state index contributed by atoms with van der Waals surface area (Å²) < 4.78 is 1.82. The first-order valence-corrected chi connectivity index (χ1v) is 10.0. The van der Waals surface area contributed by atoms with Crippen LogP contribution >= 0.6 is 23.2 Å². The smallest absolute Gasteiger partial charge is 0.223 e. The Morgan fingerprint density at radius 1 is 1.03 bits per heavy atom. The molecule has 0 unspecified atom stereocenters. The number of nitriles is 1. The molecule has 0 amide bonds. The Hall–Kier alpha value is -3.67. The van der Waals surface area contributed by atoms with Crippen LogP contribution in [0.2, 0.25) is 10.0 Å². The summed E-state index contributed by atoms with van der Waals surface area (Å²) in [4.78, 5) is 17.4. The van der Waals surface area contributed by atoms with Gasteiger partial charge >= 0.3 is 0 Å². The van der Waals surface area contributed by atoms with E-state index in [1.165, 1.54) is 0 Å². The molecular weight excluding hydrogens is 435 g/mol. The largest absolute Gasteiger partial charge is 0.368 e. The van der Waals surface area contributed by atoms with Crippen molar-refractivity contribution in [3.8, 4) is 23.0 Å². The molecule has 4 rings (SSSR count). The lowest BCUT2D eigenvalue weighted by Gasteiger charge is -2.13. The van der Waals surface area contributed by atoms with Crippen LogP contribution in [0.4, 0.5) is 11.8 Å². The molecule has 8 nitrogen and oxygen atoms in total. The van der Waals surface area contributed by atoms with E-state index in [2.05, 4.69) is 36.6 Å². The zero-order chi connectivity index (χ0) is 21.6. The fraction of sp³-hybridized carbons (Fsp3) is 0.0952. The van der Waals surface area contributed by atoms with Gasteiger partial charge in [0.1, 0.15) is 11.5 Å². The quantitative estimate of drug-likeness (QED) is 0.401. The highest BCUT2D eigenvalue weighted by molar-refractivity contribution is 6.36. The number of pyridine rings is 1. The Morgan fingerprint density at radius 2 is 1.90 bits per heavy atom. The Labute approximate surface area is 188 Å². The first-order chi connectivity index (χ1) is 15.1. The van der Waals surface area contributed by atoms with Crippen molar-refractivity contribution in [2.75, 3.05) is 23.7 Å². The molecule has 0 bridgehead atoms. The highest BCUT2D eigenvalue weighted by Crippen LogP contribution is 2.33. The first-order valence-electron chi connectivity index (χ1n) is 9.29. The summed E-state index contributed by atoms with van der Waals surface area (Å²) in [5.41, 5.74) is 2.67. The number of halogens is 2. The minimum absolute atomic E-state index is 0.449. The normalized spacial score (nSPS) is 10.5. The van der Waals surface area contributed by atoms with Crippen molar-refractivity contribution in [1.82, 2.24) is 24.5 Å². The van der Waals surface area contributed by atoms with Gasteiger partial charge in [-0.15, -0.1) is 0 Å². The van der Waals surface area contributed by atoms with E-state index in [1.807, 2.05) is 16.8 Å². The Morgan fingerprint density at radius 3 is 2.68 bits per heavy atom. The Bertz CT molecular complexity index is 1230. The van der Waals surface area contributed by atoms with Crippen LogP contribution in [-0.4, -0.2) is 37.6 Å². The van der Waals surface area contributed by atoms with Gasteiger partial charge in [-0.05, 0) is 30.3 Å². The second-order valence-corrected chi connectivity index (χ2v) is 7.26. The number of nitrogens with one attached hydrogen (secondary N) is 2. The van der Waals surface area contributed by atoms with Gasteiger partial charge in [0.05, 0.1) is 34.9 Å². The second kappa shape index (κ2) is 9.43. The van der Waals surface area contributed by atoms with Crippen molar-refractivity contribution in [2.24, 2.45) is 0 Å². The number of aromatic nitrogens is 5. The molecule has 0 fully saturated rings. The summed E-state index contributed by atoms with van der Waals surface area (Å²) in [7, 11) is 0. The lowest BCUT2D eigenvalue weighted by molar-refractivity contribution is 0.985. The summed E-state index contributed by atoms with van der Waals surface area (Å²) >= 11 is 12.5. The van der Waals surface area contributed by atoms with Crippen molar-refractivity contribution in [1.29, 1.82) is 5.26 Å². The number of hydrogen-bond acceptors (Lipinski definition) is 7. The third-order valence-electron chi connectivity index (χ3n) is 4.34. The maximum Gasteiger partial charge on any atom is 0.223 e. The molecule has 0 radical (unpaired) electrons. The molecule has 3 heterocycles. The molecule has 0 spiro atoms. The van der Waals surface area contributed by atoms with Gasteiger partial charge in [-0.2, -0.15) is 5.26 Å². The van der Waals surface area contributed by atoms with Crippen LogP contribution < -0.4 is 10.6 Å². The van der Waals surface area contributed by atoms with E-state index in [0.29, 0.717) is 46.2 Å². The molecule has 10 heteroatoms. The van der Waals surface area contributed by atoms with Gasteiger partial charge in [-0.25, -0.2) is 19.9 Å². The van der Waals surface area contributed by atoms with E-state index in [4.69, 9.17) is 28.5 Å². The van der Waals surface area contributed by atoms with E-state index in [-0.39, 0.29) is 0 Å². The molecule has 0 aliphatic heterocycles. The maximum atomic E-state index is 8.97. The molecule has 4 aromatic rings. The highest BCUT2D eigenvalue weighted by atomic mass is 35.5. The lowest BCUT2D eigenvalue weighted by atomic mass is 10.1. The molecule has 154 valence electrons. The summed E-state index contributed by atoms with van der Waals surface area (Å²) in [6, 6.07) is 10.7. The first kappa shape index (κ1) is 20.6. The lowest BCUT2D eigenvalue weighted by Crippen LogP contribution is -2.16. The van der Waals surface area contributed by atoms with Gasteiger partial charge in [0.25, 0.3) is 0 Å². The predicted octanol–water partition coefficient (Wildman–Crippen LogP) is 4.43.